The molecule has 2 aromatic carbocycles. The van der Waals surface area contributed by atoms with Gasteiger partial charge in [0.15, 0.2) is 0 Å². The first-order valence-electron chi connectivity index (χ1n) is 10.8. The molecule has 1 aliphatic rings. The molecule has 1 fully saturated rings. The molecule has 33 heavy (non-hydrogen) atoms. The van der Waals surface area contributed by atoms with Crippen LogP contribution in [0.1, 0.15) is 48.1 Å². The van der Waals surface area contributed by atoms with Crippen molar-refractivity contribution in [1.29, 1.82) is 0 Å². The third-order valence-electron chi connectivity index (χ3n) is 5.50. The fourth-order valence-electron chi connectivity index (χ4n) is 3.84. The molecule has 3 rings (SSSR count). The predicted molar refractivity (Wildman–Crippen MR) is 127 cm³/mol. The van der Waals surface area contributed by atoms with E-state index in [4.69, 9.17) is 4.74 Å². The number of nitrogens with zero attached hydrogens (tertiary/aromatic N) is 1. The summed E-state index contributed by atoms with van der Waals surface area (Å²) in [7, 11) is 0. The van der Waals surface area contributed by atoms with Gasteiger partial charge in [-0.15, -0.1) is 0 Å². The number of anilines is 1. The van der Waals surface area contributed by atoms with E-state index >= 15 is 0 Å². The Morgan fingerprint density at radius 1 is 1.12 bits per heavy atom. The second-order valence-electron chi connectivity index (χ2n) is 7.71. The van der Waals surface area contributed by atoms with Crippen molar-refractivity contribution in [2.24, 2.45) is 5.92 Å². The van der Waals surface area contributed by atoms with E-state index in [2.05, 4.69) is 22.9 Å². The zero-order chi connectivity index (χ0) is 23.8. The number of ether oxygens (including phenoxy) is 1. The number of thiol groups is 1. The number of hydrogen-bond donors (Lipinski definition) is 3. The van der Waals surface area contributed by atoms with E-state index < -0.39 is 17.9 Å². The molecule has 2 unspecified atom stereocenters. The standard InChI is InChI=1S/C24H27N3O5S/c1-2-32-22(29)15-20(16-6-4-3-5-7-16)25-21(28)14-18-12-13-27(24(18)31)19-10-8-17(9-11-19)23(30)26-33/h3-11,18,20,33H,2,12-15H2,1H3,(H,25,28)(H,26,30). The lowest BCUT2D eigenvalue weighted by Gasteiger charge is -2.20. The van der Waals surface area contributed by atoms with Crippen molar-refractivity contribution in [1.82, 2.24) is 10.0 Å². The molecule has 2 aromatic rings. The van der Waals surface area contributed by atoms with Crippen molar-refractivity contribution in [3.05, 3.63) is 65.7 Å². The van der Waals surface area contributed by atoms with Crippen molar-refractivity contribution in [2.45, 2.75) is 32.2 Å². The van der Waals surface area contributed by atoms with Crippen molar-refractivity contribution in [2.75, 3.05) is 18.1 Å². The number of rotatable bonds is 9. The summed E-state index contributed by atoms with van der Waals surface area (Å²) < 4.78 is 7.29. The summed E-state index contributed by atoms with van der Waals surface area (Å²) in [5, 5.41) is 2.89. The first-order chi connectivity index (χ1) is 15.9. The zero-order valence-corrected chi connectivity index (χ0v) is 19.2. The van der Waals surface area contributed by atoms with E-state index in [1.165, 1.54) is 0 Å². The van der Waals surface area contributed by atoms with Gasteiger partial charge in [0, 0.05) is 30.1 Å². The third kappa shape index (κ3) is 6.35. The van der Waals surface area contributed by atoms with Gasteiger partial charge in [-0.25, -0.2) is 0 Å². The van der Waals surface area contributed by atoms with Gasteiger partial charge in [-0.2, -0.15) is 0 Å². The third-order valence-corrected chi connectivity index (χ3v) is 5.71. The Kier molecular flexibility index (Phi) is 8.48. The van der Waals surface area contributed by atoms with Crippen LogP contribution in [0.3, 0.4) is 0 Å². The van der Waals surface area contributed by atoms with E-state index in [-0.39, 0.29) is 37.2 Å². The van der Waals surface area contributed by atoms with E-state index in [1.807, 2.05) is 30.3 Å². The van der Waals surface area contributed by atoms with Crippen LogP contribution in [0.15, 0.2) is 54.6 Å². The molecule has 2 atom stereocenters. The smallest absolute Gasteiger partial charge is 0.308 e. The largest absolute Gasteiger partial charge is 0.466 e. The lowest BCUT2D eigenvalue weighted by Crippen LogP contribution is -2.34. The topological polar surface area (TPSA) is 105 Å². The van der Waals surface area contributed by atoms with Crippen molar-refractivity contribution >= 4 is 42.2 Å². The SMILES string of the molecule is CCOC(=O)CC(NC(=O)CC1CCN(c2ccc(C(=O)NS)cc2)C1=O)c1ccccc1. The van der Waals surface area contributed by atoms with Gasteiger partial charge in [-0.3, -0.25) is 23.9 Å². The lowest BCUT2D eigenvalue weighted by molar-refractivity contribution is -0.144. The molecule has 1 aliphatic heterocycles. The van der Waals surface area contributed by atoms with Crippen LogP contribution >= 0.6 is 12.8 Å². The summed E-state index contributed by atoms with van der Waals surface area (Å²) in [6.07, 6.45) is 0.585. The summed E-state index contributed by atoms with van der Waals surface area (Å²) in [5.74, 6) is -1.62. The average molecular weight is 470 g/mol. The molecule has 0 saturated carbocycles. The molecule has 8 nitrogen and oxygen atoms in total. The summed E-state index contributed by atoms with van der Waals surface area (Å²) in [4.78, 5) is 51.0. The van der Waals surface area contributed by atoms with Crippen LogP contribution in [-0.4, -0.2) is 36.8 Å². The van der Waals surface area contributed by atoms with Crippen molar-refractivity contribution in [3.63, 3.8) is 0 Å². The molecular formula is C24H27N3O5S. The first-order valence-corrected chi connectivity index (χ1v) is 11.2. The van der Waals surface area contributed by atoms with Gasteiger partial charge < -0.3 is 15.0 Å². The molecule has 0 bridgehead atoms. The second kappa shape index (κ2) is 11.5. The Morgan fingerprint density at radius 2 is 1.82 bits per heavy atom. The number of benzene rings is 2. The normalized spacial score (nSPS) is 16.2. The number of carbonyl (C=O) groups is 4. The number of esters is 1. The van der Waals surface area contributed by atoms with Crippen LogP contribution < -0.4 is 14.9 Å². The number of nitrogens with one attached hydrogen (secondary N) is 2. The fraction of sp³-hybridized carbons (Fsp3) is 0.333. The van der Waals surface area contributed by atoms with Crippen LogP contribution in [0.2, 0.25) is 0 Å². The zero-order valence-electron chi connectivity index (χ0n) is 18.3. The highest BCUT2D eigenvalue weighted by molar-refractivity contribution is 7.78. The van der Waals surface area contributed by atoms with Crippen LogP contribution in [0.25, 0.3) is 0 Å². The van der Waals surface area contributed by atoms with E-state index in [0.717, 1.165) is 5.56 Å². The lowest BCUT2D eigenvalue weighted by atomic mass is 10.0. The first kappa shape index (κ1) is 24.3. The molecule has 1 heterocycles. The van der Waals surface area contributed by atoms with Crippen molar-refractivity contribution < 1.29 is 23.9 Å². The minimum atomic E-state index is -0.532. The molecule has 0 aromatic heterocycles. The van der Waals surface area contributed by atoms with Gasteiger partial charge in [-0.1, -0.05) is 43.1 Å². The van der Waals surface area contributed by atoms with Crippen LogP contribution in [-0.2, 0) is 19.1 Å². The average Bonchev–Trinajstić information content (AvgIpc) is 3.18. The molecule has 9 heteroatoms. The minimum Gasteiger partial charge on any atom is -0.466 e. The molecule has 0 radical (unpaired) electrons. The van der Waals surface area contributed by atoms with Gasteiger partial charge in [-0.05, 0) is 43.2 Å². The highest BCUT2D eigenvalue weighted by atomic mass is 32.1. The van der Waals surface area contributed by atoms with Gasteiger partial charge in [0.05, 0.1) is 19.1 Å². The summed E-state index contributed by atoms with van der Waals surface area (Å²) in [5.41, 5.74) is 1.90. The van der Waals surface area contributed by atoms with Crippen LogP contribution in [0, 0.1) is 5.92 Å². The van der Waals surface area contributed by atoms with Gasteiger partial charge in [0.2, 0.25) is 11.8 Å². The highest BCUT2D eigenvalue weighted by Crippen LogP contribution is 2.28. The molecule has 0 spiro atoms. The number of hydrogen-bond acceptors (Lipinski definition) is 6. The molecular weight excluding hydrogens is 442 g/mol. The van der Waals surface area contributed by atoms with Gasteiger partial charge >= 0.3 is 5.97 Å². The molecule has 1 saturated heterocycles. The summed E-state index contributed by atoms with van der Waals surface area (Å²) in [6, 6.07) is 15.3. The molecule has 2 N–H and O–H groups in total. The van der Waals surface area contributed by atoms with Gasteiger partial charge in [0.25, 0.3) is 5.91 Å². The monoisotopic (exact) mass is 469 g/mol. The molecule has 0 aliphatic carbocycles. The maximum atomic E-state index is 12.9. The minimum absolute atomic E-state index is 0.0144. The fourth-order valence-corrected chi connectivity index (χ4v) is 3.97. The number of amides is 3. The molecule has 3 amide bonds. The Morgan fingerprint density at radius 3 is 2.45 bits per heavy atom. The van der Waals surface area contributed by atoms with Crippen LogP contribution in [0.5, 0.6) is 0 Å². The van der Waals surface area contributed by atoms with Crippen LogP contribution in [0.4, 0.5) is 5.69 Å². The van der Waals surface area contributed by atoms with E-state index in [1.54, 1.807) is 36.1 Å². The molecule has 174 valence electrons. The maximum Gasteiger partial charge on any atom is 0.308 e. The Bertz CT molecular complexity index is 997. The Balaban J connectivity index is 1.62. The quantitative estimate of drug-likeness (QED) is 0.387. The predicted octanol–water partition coefficient (Wildman–Crippen LogP) is 2.81. The van der Waals surface area contributed by atoms with E-state index in [0.29, 0.717) is 24.2 Å². The summed E-state index contributed by atoms with van der Waals surface area (Å²) >= 11 is 3.75. The Hall–Kier alpha value is -3.33. The second-order valence-corrected chi connectivity index (χ2v) is 7.93. The maximum absolute atomic E-state index is 12.9. The highest BCUT2D eigenvalue weighted by Gasteiger charge is 2.34. The van der Waals surface area contributed by atoms with Crippen molar-refractivity contribution in [3.8, 4) is 0 Å². The van der Waals surface area contributed by atoms with E-state index in [9.17, 15) is 19.2 Å². The summed E-state index contributed by atoms with van der Waals surface area (Å²) in [6.45, 7) is 2.48. The Labute approximate surface area is 198 Å². The number of carbonyl (C=O) groups excluding carboxylic acids is 4. The van der Waals surface area contributed by atoms with Gasteiger partial charge in [0.1, 0.15) is 0 Å².